The molecule has 2 heterocycles. The Morgan fingerprint density at radius 2 is 2.11 bits per heavy atom. The van der Waals surface area contributed by atoms with Gasteiger partial charge in [-0.15, -0.1) is 0 Å². The molecule has 1 amide bonds. The van der Waals surface area contributed by atoms with Crippen LogP contribution in [0.5, 0.6) is 0 Å². The summed E-state index contributed by atoms with van der Waals surface area (Å²) >= 11 is 0. The van der Waals surface area contributed by atoms with Gasteiger partial charge in [0.1, 0.15) is 11.3 Å². The second-order valence-electron chi connectivity index (χ2n) is 7.22. The molecule has 2 aromatic rings. The summed E-state index contributed by atoms with van der Waals surface area (Å²) in [6.45, 7) is 4.66. The van der Waals surface area contributed by atoms with E-state index >= 15 is 0 Å². The summed E-state index contributed by atoms with van der Waals surface area (Å²) in [5, 5.41) is 3.03. The van der Waals surface area contributed by atoms with Gasteiger partial charge in [-0.3, -0.25) is 4.79 Å². The number of unbranched alkanes of at least 4 members (excludes halogenated alkanes) is 1. The normalized spacial score (nSPS) is 20.3. The van der Waals surface area contributed by atoms with E-state index < -0.39 is 6.43 Å². The molecule has 148 valence electrons. The molecule has 0 atom stereocenters. The molecular weight excluding hydrogens is 352 g/mol. The van der Waals surface area contributed by atoms with Crippen molar-refractivity contribution in [1.82, 2.24) is 14.7 Å². The van der Waals surface area contributed by atoms with Crippen molar-refractivity contribution in [3.63, 3.8) is 0 Å². The summed E-state index contributed by atoms with van der Waals surface area (Å²) in [6.07, 6.45) is 5.09. The standard InChI is InChI=1S/C20H27F2N3O2/c1-3-4-11-27-15-7-5-14(6-8-15)23-20(26)16-9-10-25-13(2)12-17(18(21)22)24-19(16)25/h9-10,12,14-15,18H,3-8,11H2,1-2H3,(H,23,26)/t14-,15-. The number of hydrogen-bond acceptors (Lipinski definition) is 3. The highest BCUT2D eigenvalue weighted by Gasteiger charge is 2.25. The van der Waals surface area contributed by atoms with Gasteiger partial charge in [0.05, 0.1) is 11.7 Å². The third-order valence-corrected chi connectivity index (χ3v) is 5.16. The van der Waals surface area contributed by atoms with Crippen molar-refractivity contribution in [2.24, 2.45) is 0 Å². The summed E-state index contributed by atoms with van der Waals surface area (Å²) in [7, 11) is 0. The molecule has 3 rings (SSSR count). The molecule has 0 unspecified atom stereocenters. The summed E-state index contributed by atoms with van der Waals surface area (Å²) in [6, 6.07) is 3.07. The predicted octanol–water partition coefficient (Wildman–Crippen LogP) is 4.44. The first kappa shape index (κ1) is 19.7. The summed E-state index contributed by atoms with van der Waals surface area (Å²) in [4.78, 5) is 16.7. The predicted molar refractivity (Wildman–Crippen MR) is 99.3 cm³/mol. The number of nitrogens with zero attached hydrogens (tertiary/aromatic N) is 2. The van der Waals surface area contributed by atoms with Crippen LogP contribution >= 0.6 is 0 Å². The maximum Gasteiger partial charge on any atom is 0.280 e. The highest BCUT2D eigenvalue weighted by atomic mass is 19.3. The molecule has 1 fully saturated rings. The number of rotatable bonds is 7. The minimum absolute atomic E-state index is 0.0813. The average Bonchev–Trinajstić information content (AvgIpc) is 3.08. The Hall–Kier alpha value is -2.02. The van der Waals surface area contributed by atoms with E-state index in [9.17, 15) is 13.6 Å². The maximum atomic E-state index is 13.1. The SMILES string of the molecule is CCCCO[C@H]1CC[C@H](NC(=O)c2ccn3c(C)cc(C(F)F)nc23)CC1. The molecule has 2 aromatic heterocycles. The van der Waals surface area contributed by atoms with E-state index in [1.807, 2.05) is 0 Å². The van der Waals surface area contributed by atoms with E-state index in [1.54, 1.807) is 23.6 Å². The lowest BCUT2D eigenvalue weighted by Crippen LogP contribution is -2.39. The second kappa shape index (κ2) is 8.78. The van der Waals surface area contributed by atoms with Crippen molar-refractivity contribution in [3.8, 4) is 0 Å². The van der Waals surface area contributed by atoms with E-state index in [2.05, 4.69) is 17.2 Å². The van der Waals surface area contributed by atoms with Gasteiger partial charge in [-0.25, -0.2) is 13.8 Å². The minimum Gasteiger partial charge on any atom is -0.378 e. The van der Waals surface area contributed by atoms with Gasteiger partial charge in [-0.2, -0.15) is 0 Å². The lowest BCUT2D eigenvalue weighted by Gasteiger charge is -2.29. The molecule has 0 aromatic carbocycles. The van der Waals surface area contributed by atoms with Gasteiger partial charge in [0, 0.05) is 24.5 Å². The maximum absolute atomic E-state index is 13.1. The van der Waals surface area contributed by atoms with Crippen LogP contribution in [0, 0.1) is 6.92 Å². The molecule has 5 nitrogen and oxygen atoms in total. The molecule has 1 N–H and O–H groups in total. The molecule has 7 heteroatoms. The fraction of sp³-hybridized carbons (Fsp3) is 0.600. The van der Waals surface area contributed by atoms with Crippen LogP contribution in [0.4, 0.5) is 8.78 Å². The zero-order valence-corrected chi connectivity index (χ0v) is 15.9. The van der Waals surface area contributed by atoms with Gasteiger partial charge in [0.25, 0.3) is 12.3 Å². The molecule has 27 heavy (non-hydrogen) atoms. The zero-order chi connectivity index (χ0) is 19.4. The highest BCUT2D eigenvalue weighted by molar-refractivity contribution is 6.00. The van der Waals surface area contributed by atoms with Crippen molar-refractivity contribution >= 4 is 11.6 Å². The van der Waals surface area contributed by atoms with Gasteiger partial charge >= 0.3 is 0 Å². The number of alkyl halides is 2. The third-order valence-electron chi connectivity index (χ3n) is 5.16. The minimum atomic E-state index is -2.66. The Labute approximate surface area is 158 Å². The van der Waals surface area contributed by atoms with Crippen LogP contribution in [0.3, 0.4) is 0 Å². The molecule has 1 saturated carbocycles. The molecule has 1 aliphatic carbocycles. The Kier molecular flexibility index (Phi) is 6.42. The quantitative estimate of drug-likeness (QED) is 0.724. The second-order valence-corrected chi connectivity index (χ2v) is 7.22. The lowest BCUT2D eigenvalue weighted by molar-refractivity contribution is 0.0209. The average molecular weight is 379 g/mol. The van der Waals surface area contributed by atoms with E-state index in [4.69, 9.17) is 4.74 Å². The number of ether oxygens (including phenoxy) is 1. The third kappa shape index (κ3) is 4.64. The molecule has 1 aliphatic rings. The molecule has 0 aliphatic heterocycles. The highest BCUT2D eigenvalue weighted by Crippen LogP contribution is 2.24. The topological polar surface area (TPSA) is 55.6 Å². The van der Waals surface area contributed by atoms with E-state index in [-0.39, 0.29) is 29.4 Å². The van der Waals surface area contributed by atoms with E-state index in [1.165, 1.54) is 6.07 Å². The van der Waals surface area contributed by atoms with Crippen molar-refractivity contribution < 1.29 is 18.3 Å². The monoisotopic (exact) mass is 379 g/mol. The molecule has 0 spiro atoms. The fourth-order valence-electron chi connectivity index (χ4n) is 3.58. The Bertz CT molecular complexity index is 783. The number of nitrogens with one attached hydrogen (secondary N) is 1. The van der Waals surface area contributed by atoms with Crippen molar-refractivity contribution in [2.75, 3.05) is 6.61 Å². The van der Waals surface area contributed by atoms with Gasteiger partial charge < -0.3 is 14.5 Å². The number of aromatic nitrogens is 2. The van der Waals surface area contributed by atoms with Crippen LogP contribution in [0.25, 0.3) is 5.65 Å². The van der Waals surface area contributed by atoms with Crippen LogP contribution in [0.2, 0.25) is 0 Å². The van der Waals surface area contributed by atoms with Gasteiger partial charge in [-0.1, -0.05) is 13.3 Å². The Morgan fingerprint density at radius 3 is 2.78 bits per heavy atom. The van der Waals surface area contributed by atoms with Crippen LogP contribution in [0.1, 0.15) is 73.6 Å². The first-order valence-corrected chi connectivity index (χ1v) is 9.68. The summed E-state index contributed by atoms with van der Waals surface area (Å²) in [5.74, 6) is -0.258. The number of aryl methyl sites for hydroxylation is 1. The number of carbonyl (C=O) groups excluding carboxylic acids is 1. The van der Waals surface area contributed by atoms with E-state index in [0.717, 1.165) is 45.1 Å². The van der Waals surface area contributed by atoms with E-state index in [0.29, 0.717) is 11.3 Å². The van der Waals surface area contributed by atoms with Gasteiger partial charge in [0.15, 0.2) is 0 Å². The zero-order valence-electron chi connectivity index (χ0n) is 15.9. The molecule has 0 saturated heterocycles. The number of carbonyl (C=O) groups is 1. The number of fused-ring (bicyclic) bond motifs is 1. The van der Waals surface area contributed by atoms with Crippen LogP contribution < -0.4 is 5.32 Å². The number of hydrogen-bond donors (Lipinski definition) is 1. The first-order chi connectivity index (χ1) is 13.0. The first-order valence-electron chi connectivity index (χ1n) is 9.68. The lowest BCUT2D eigenvalue weighted by atomic mass is 9.92. The fourth-order valence-corrected chi connectivity index (χ4v) is 3.58. The molecular formula is C20H27F2N3O2. The van der Waals surface area contributed by atoms with Gasteiger partial charge in [-0.05, 0) is 51.2 Å². The largest absolute Gasteiger partial charge is 0.378 e. The Morgan fingerprint density at radius 1 is 1.37 bits per heavy atom. The smallest absolute Gasteiger partial charge is 0.280 e. The van der Waals surface area contributed by atoms with Crippen molar-refractivity contribution in [2.45, 2.75) is 70.9 Å². The molecule has 0 radical (unpaired) electrons. The molecule has 0 bridgehead atoms. The van der Waals surface area contributed by atoms with Crippen LogP contribution in [0.15, 0.2) is 18.3 Å². The van der Waals surface area contributed by atoms with Crippen molar-refractivity contribution in [3.05, 3.63) is 35.3 Å². The Balaban J connectivity index is 1.64. The van der Waals surface area contributed by atoms with Gasteiger partial charge in [0.2, 0.25) is 0 Å². The number of halogens is 2. The van der Waals surface area contributed by atoms with Crippen LogP contribution in [-0.4, -0.2) is 34.0 Å². The van der Waals surface area contributed by atoms with Crippen LogP contribution in [-0.2, 0) is 4.74 Å². The summed E-state index contributed by atoms with van der Waals surface area (Å²) < 4.78 is 33.6. The van der Waals surface area contributed by atoms with Crippen molar-refractivity contribution in [1.29, 1.82) is 0 Å². The summed E-state index contributed by atoms with van der Waals surface area (Å²) in [5.41, 5.74) is 0.929. The number of amides is 1.